The fourth-order valence-electron chi connectivity index (χ4n) is 3.17. The van der Waals surface area contributed by atoms with Crippen LogP contribution in [0, 0.1) is 17.8 Å². The second-order valence-electron chi connectivity index (χ2n) is 4.26. The average Bonchev–Trinajstić information content (AvgIpc) is 2.53. The molecule has 2 nitrogen and oxygen atoms in total. The fourth-order valence-corrected chi connectivity index (χ4v) is 4.44. The summed E-state index contributed by atoms with van der Waals surface area (Å²) in [6.45, 7) is 0. The van der Waals surface area contributed by atoms with Crippen molar-refractivity contribution in [3.8, 4) is 0 Å². The van der Waals surface area contributed by atoms with E-state index in [1.807, 2.05) is 0 Å². The molecular formula is C9H11IO2. The van der Waals surface area contributed by atoms with E-state index in [1.54, 1.807) is 0 Å². The molecule has 0 spiro atoms. The van der Waals surface area contributed by atoms with Gasteiger partial charge < -0.3 is 4.74 Å². The Morgan fingerprint density at radius 2 is 2.17 bits per heavy atom. The fraction of sp³-hybridized carbons (Fsp3) is 0.889. The van der Waals surface area contributed by atoms with Gasteiger partial charge in [-0.25, -0.2) is 0 Å². The maximum atomic E-state index is 11.2. The number of alkyl halides is 1. The highest BCUT2D eigenvalue weighted by Crippen LogP contribution is 2.55. The SMILES string of the molecule is O=C1C[C@H]2C[C@@H]3C[C@H]2[C@H](O1)[C@H]3I. The summed E-state index contributed by atoms with van der Waals surface area (Å²) in [6, 6.07) is 0. The van der Waals surface area contributed by atoms with Crippen molar-refractivity contribution in [1.82, 2.24) is 0 Å². The van der Waals surface area contributed by atoms with Crippen LogP contribution in [0.1, 0.15) is 19.3 Å². The standard InChI is InChI=1S/C9H11IO2/c10-8-5-1-4-3-7(11)12-9(8)6(4)2-5/h4-6,8-9H,1-3H2/t4-,5-,6-,8+,9+/m1/s1. The molecular weight excluding hydrogens is 267 g/mol. The number of esters is 1. The molecule has 1 saturated heterocycles. The molecule has 5 atom stereocenters. The van der Waals surface area contributed by atoms with Crippen LogP contribution in [0.3, 0.4) is 0 Å². The molecule has 0 aromatic carbocycles. The predicted molar refractivity (Wildman–Crippen MR) is 52.0 cm³/mol. The summed E-state index contributed by atoms with van der Waals surface area (Å²) in [6.07, 6.45) is 3.57. The predicted octanol–water partition coefficient (Wildman–Crippen LogP) is 1.76. The second-order valence-corrected chi connectivity index (χ2v) is 5.70. The maximum Gasteiger partial charge on any atom is 0.306 e. The van der Waals surface area contributed by atoms with Gasteiger partial charge in [0, 0.05) is 12.3 Å². The zero-order valence-electron chi connectivity index (χ0n) is 6.70. The highest BCUT2D eigenvalue weighted by Gasteiger charge is 2.56. The molecule has 1 aliphatic heterocycles. The minimum atomic E-state index is 0.0447. The van der Waals surface area contributed by atoms with Gasteiger partial charge in [-0.3, -0.25) is 4.79 Å². The molecule has 3 heteroatoms. The van der Waals surface area contributed by atoms with Crippen LogP contribution in [0.5, 0.6) is 0 Å². The smallest absolute Gasteiger partial charge is 0.306 e. The van der Waals surface area contributed by atoms with Crippen molar-refractivity contribution >= 4 is 28.6 Å². The van der Waals surface area contributed by atoms with Crippen LogP contribution < -0.4 is 0 Å². The largest absolute Gasteiger partial charge is 0.461 e. The molecule has 2 saturated carbocycles. The van der Waals surface area contributed by atoms with E-state index >= 15 is 0 Å². The van der Waals surface area contributed by atoms with E-state index in [4.69, 9.17) is 4.74 Å². The first-order valence-electron chi connectivity index (χ1n) is 4.59. The lowest BCUT2D eigenvalue weighted by atomic mass is 9.82. The molecule has 3 rings (SSSR count). The van der Waals surface area contributed by atoms with E-state index in [0.717, 1.165) is 11.8 Å². The lowest BCUT2D eigenvalue weighted by molar-refractivity contribution is -0.161. The van der Waals surface area contributed by atoms with Crippen LogP contribution in [0.4, 0.5) is 0 Å². The Morgan fingerprint density at radius 3 is 2.92 bits per heavy atom. The number of carbonyl (C=O) groups is 1. The van der Waals surface area contributed by atoms with Crippen LogP contribution in [0.15, 0.2) is 0 Å². The minimum absolute atomic E-state index is 0.0447. The molecule has 0 amide bonds. The van der Waals surface area contributed by atoms with E-state index in [0.29, 0.717) is 16.3 Å². The number of rotatable bonds is 0. The molecule has 12 heavy (non-hydrogen) atoms. The lowest BCUT2D eigenvalue weighted by Gasteiger charge is -2.36. The third-order valence-corrected chi connectivity index (χ3v) is 5.39. The maximum absolute atomic E-state index is 11.2. The highest BCUT2D eigenvalue weighted by atomic mass is 127. The number of ether oxygens (including phenoxy) is 1. The van der Waals surface area contributed by atoms with Crippen LogP contribution in [-0.2, 0) is 9.53 Å². The molecule has 0 N–H and O–H groups in total. The van der Waals surface area contributed by atoms with Gasteiger partial charge in [0.25, 0.3) is 0 Å². The number of halogens is 1. The van der Waals surface area contributed by atoms with Gasteiger partial charge in [-0.15, -0.1) is 0 Å². The first kappa shape index (κ1) is 7.59. The van der Waals surface area contributed by atoms with Crippen molar-refractivity contribution in [2.75, 3.05) is 0 Å². The summed E-state index contributed by atoms with van der Waals surface area (Å²) in [7, 11) is 0. The topological polar surface area (TPSA) is 26.3 Å². The third kappa shape index (κ3) is 0.833. The van der Waals surface area contributed by atoms with Gasteiger partial charge in [0.2, 0.25) is 0 Å². The van der Waals surface area contributed by atoms with Gasteiger partial charge in [-0.2, -0.15) is 0 Å². The molecule has 1 heterocycles. The second kappa shape index (κ2) is 2.36. The Hall–Kier alpha value is 0.200. The molecule has 0 unspecified atom stereocenters. The zero-order valence-corrected chi connectivity index (χ0v) is 8.86. The summed E-state index contributed by atoms with van der Waals surface area (Å²) in [5, 5.41) is 0. The molecule has 3 aliphatic rings. The highest BCUT2D eigenvalue weighted by molar-refractivity contribution is 14.1. The van der Waals surface area contributed by atoms with Gasteiger partial charge in [-0.05, 0) is 24.7 Å². The molecule has 3 fully saturated rings. The Balaban J connectivity index is 1.94. The van der Waals surface area contributed by atoms with E-state index < -0.39 is 0 Å². The number of fused-ring (bicyclic) bond motifs is 1. The van der Waals surface area contributed by atoms with Gasteiger partial charge in [0.05, 0.1) is 3.92 Å². The van der Waals surface area contributed by atoms with Crippen molar-refractivity contribution in [2.45, 2.75) is 29.3 Å². The van der Waals surface area contributed by atoms with Crippen molar-refractivity contribution in [3.05, 3.63) is 0 Å². The van der Waals surface area contributed by atoms with Gasteiger partial charge in [0.15, 0.2) is 0 Å². The van der Waals surface area contributed by atoms with Crippen molar-refractivity contribution in [1.29, 1.82) is 0 Å². The first-order valence-corrected chi connectivity index (χ1v) is 5.84. The minimum Gasteiger partial charge on any atom is -0.461 e. The molecule has 2 bridgehead atoms. The third-order valence-electron chi connectivity index (χ3n) is 3.67. The zero-order chi connectivity index (χ0) is 8.29. The summed E-state index contributed by atoms with van der Waals surface area (Å²) in [5.74, 6) is 2.28. The van der Waals surface area contributed by atoms with E-state index in [2.05, 4.69) is 22.6 Å². The summed E-state index contributed by atoms with van der Waals surface area (Å²) >= 11 is 2.46. The number of carbonyl (C=O) groups excluding carboxylic acids is 1. The Labute approximate surface area is 85.2 Å². The molecule has 2 aliphatic carbocycles. The van der Waals surface area contributed by atoms with E-state index in [1.165, 1.54) is 12.8 Å². The monoisotopic (exact) mass is 278 g/mol. The Bertz CT molecular complexity index is 241. The van der Waals surface area contributed by atoms with Crippen LogP contribution in [-0.4, -0.2) is 16.0 Å². The normalized spacial score (nSPS) is 55.8. The molecule has 0 radical (unpaired) electrons. The first-order chi connectivity index (χ1) is 5.75. The molecule has 66 valence electrons. The van der Waals surface area contributed by atoms with Crippen LogP contribution >= 0.6 is 22.6 Å². The summed E-state index contributed by atoms with van der Waals surface area (Å²) in [5.41, 5.74) is 0. The van der Waals surface area contributed by atoms with E-state index in [-0.39, 0.29) is 12.1 Å². The van der Waals surface area contributed by atoms with Crippen LogP contribution in [0.2, 0.25) is 0 Å². The van der Waals surface area contributed by atoms with E-state index in [9.17, 15) is 4.79 Å². The van der Waals surface area contributed by atoms with Crippen molar-refractivity contribution in [3.63, 3.8) is 0 Å². The van der Waals surface area contributed by atoms with Crippen molar-refractivity contribution in [2.24, 2.45) is 17.8 Å². The Morgan fingerprint density at radius 1 is 1.33 bits per heavy atom. The van der Waals surface area contributed by atoms with Crippen molar-refractivity contribution < 1.29 is 9.53 Å². The number of hydrogen-bond donors (Lipinski definition) is 0. The average molecular weight is 278 g/mol. The molecule has 0 aromatic heterocycles. The quantitative estimate of drug-likeness (QED) is 0.383. The van der Waals surface area contributed by atoms with Gasteiger partial charge >= 0.3 is 5.97 Å². The molecule has 0 aromatic rings. The Kier molecular flexibility index (Phi) is 1.50. The van der Waals surface area contributed by atoms with Gasteiger partial charge in [0.1, 0.15) is 6.10 Å². The van der Waals surface area contributed by atoms with Gasteiger partial charge in [-0.1, -0.05) is 22.6 Å². The number of hydrogen-bond acceptors (Lipinski definition) is 2. The lowest BCUT2D eigenvalue weighted by Crippen LogP contribution is -2.42. The summed E-state index contributed by atoms with van der Waals surface area (Å²) in [4.78, 5) is 11.2. The summed E-state index contributed by atoms with van der Waals surface area (Å²) < 4.78 is 5.98. The van der Waals surface area contributed by atoms with Crippen LogP contribution in [0.25, 0.3) is 0 Å².